The molecule has 12 heavy (non-hydrogen) atoms. The largest absolute Gasteiger partial charge is 0.298 e. The standard InChI is InChI=1S/C9H5ClOS/c10-7-2-1-3-8-9(7)6(4-11)5-12-8/h1-5H. The van der Waals surface area contributed by atoms with Gasteiger partial charge in [0.25, 0.3) is 0 Å². The molecule has 0 spiro atoms. The third-order valence-electron chi connectivity index (χ3n) is 1.70. The molecule has 3 heteroatoms. The van der Waals surface area contributed by atoms with E-state index < -0.39 is 0 Å². The molecule has 0 N–H and O–H groups in total. The first kappa shape index (κ1) is 7.77. The zero-order valence-corrected chi connectivity index (χ0v) is 7.65. The van der Waals surface area contributed by atoms with Crippen molar-refractivity contribution in [3.63, 3.8) is 0 Å². The Kier molecular flexibility index (Phi) is 1.87. The Morgan fingerprint density at radius 2 is 2.25 bits per heavy atom. The predicted molar refractivity (Wildman–Crippen MR) is 52.2 cm³/mol. The van der Waals surface area contributed by atoms with Gasteiger partial charge < -0.3 is 0 Å². The van der Waals surface area contributed by atoms with Gasteiger partial charge in [-0.3, -0.25) is 4.79 Å². The molecule has 1 heterocycles. The number of carbonyl (C=O) groups excluding carboxylic acids is 1. The van der Waals surface area contributed by atoms with Crippen molar-refractivity contribution in [2.24, 2.45) is 0 Å². The number of hydrogen-bond donors (Lipinski definition) is 0. The fourth-order valence-corrected chi connectivity index (χ4v) is 2.43. The third-order valence-corrected chi connectivity index (χ3v) is 2.98. The maximum Gasteiger partial charge on any atom is 0.151 e. The van der Waals surface area contributed by atoms with Crippen LogP contribution in [0.5, 0.6) is 0 Å². The Balaban J connectivity index is 2.91. The highest BCUT2D eigenvalue weighted by Crippen LogP contribution is 2.30. The minimum atomic E-state index is 0.649. The number of aldehydes is 1. The van der Waals surface area contributed by atoms with E-state index in [1.54, 1.807) is 6.07 Å². The van der Waals surface area contributed by atoms with E-state index in [1.165, 1.54) is 11.3 Å². The van der Waals surface area contributed by atoms with E-state index in [1.807, 2.05) is 17.5 Å². The molecule has 0 atom stereocenters. The Hall–Kier alpha value is -0.860. The second kappa shape index (κ2) is 2.88. The average molecular weight is 197 g/mol. The Labute approximate surface area is 78.6 Å². The number of benzene rings is 1. The number of hydrogen-bond acceptors (Lipinski definition) is 2. The van der Waals surface area contributed by atoms with Crippen molar-refractivity contribution < 1.29 is 4.79 Å². The minimum absolute atomic E-state index is 0.649. The summed E-state index contributed by atoms with van der Waals surface area (Å²) in [7, 11) is 0. The van der Waals surface area contributed by atoms with Crippen LogP contribution in [0, 0.1) is 0 Å². The van der Waals surface area contributed by atoms with Crippen molar-refractivity contribution in [3.05, 3.63) is 34.2 Å². The number of rotatable bonds is 1. The van der Waals surface area contributed by atoms with Crippen LogP contribution in [0.1, 0.15) is 10.4 Å². The maximum atomic E-state index is 10.6. The van der Waals surface area contributed by atoms with Crippen molar-refractivity contribution in [1.82, 2.24) is 0 Å². The van der Waals surface area contributed by atoms with Crippen molar-refractivity contribution in [1.29, 1.82) is 0 Å². The SMILES string of the molecule is O=Cc1csc2cccc(Cl)c12. The van der Waals surface area contributed by atoms with Gasteiger partial charge >= 0.3 is 0 Å². The fourth-order valence-electron chi connectivity index (χ4n) is 1.16. The molecule has 0 unspecified atom stereocenters. The molecular weight excluding hydrogens is 192 g/mol. The quantitative estimate of drug-likeness (QED) is 0.640. The first-order valence-electron chi connectivity index (χ1n) is 3.44. The zero-order chi connectivity index (χ0) is 8.55. The maximum absolute atomic E-state index is 10.6. The fraction of sp³-hybridized carbons (Fsp3) is 0. The van der Waals surface area contributed by atoms with Gasteiger partial charge in [-0.25, -0.2) is 0 Å². The van der Waals surface area contributed by atoms with Crippen LogP contribution < -0.4 is 0 Å². The van der Waals surface area contributed by atoms with E-state index in [9.17, 15) is 4.79 Å². The Morgan fingerprint density at radius 3 is 3.00 bits per heavy atom. The summed E-state index contributed by atoms with van der Waals surface area (Å²) >= 11 is 7.47. The van der Waals surface area contributed by atoms with E-state index in [4.69, 9.17) is 11.6 Å². The molecule has 0 amide bonds. The summed E-state index contributed by atoms with van der Waals surface area (Å²) in [6.45, 7) is 0. The van der Waals surface area contributed by atoms with E-state index in [-0.39, 0.29) is 0 Å². The first-order chi connectivity index (χ1) is 5.83. The zero-order valence-electron chi connectivity index (χ0n) is 6.08. The molecule has 2 rings (SSSR count). The lowest BCUT2D eigenvalue weighted by atomic mass is 10.2. The van der Waals surface area contributed by atoms with Crippen LogP contribution in [-0.4, -0.2) is 6.29 Å². The van der Waals surface area contributed by atoms with E-state index in [0.717, 1.165) is 16.4 Å². The van der Waals surface area contributed by atoms with Crippen LogP contribution in [0.25, 0.3) is 10.1 Å². The van der Waals surface area contributed by atoms with Gasteiger partial charge in [0.1, 0.15) is 0 Å². The minimum Gasteiger partial charge on any atom is -0.298 e. The summed E-state index contributed by atoms with van der Waals surface area (Å²) in [4.78, 5) is 10.6. The number of fused-ring (bicyclic) bond motifs is 1. The van der Waals surface area contributed by atoms with Crippen molar-refractivity contribution in [2.75, 3.05) is 0 Å². The van der Waals surface area contributed by atoms with Gasteiger partial charge in [0.15, 0.2) is 6.29 Å². The highest BCUT2D eigenvalue weighted by molar-refractivity contribution is 7.17. The van der Waals surface area contributed by atoms with Gasteiger partial charge in [-0.15, -0.1) is 11.3 Å². The molecule has 2 aromatic rings. The molecule has 1 nitrogen and oxygen atoms in total. The number of thiophene rings is 1. The van der Waals surface area contributed by atoms with Crippen LogP contribution in [0.2, 0.25) is 5.02 Å². The number of halogens is 1. The summed E-state index contributed by atoms with van der Waals surface area (Å²) in [5.74, 6) is 0. The highest BCUT2D eigenvalue weighted by Gasteiger charge is 2.05. The van der Waals surface area contributed by atoms with Crippen molar-refractivity contribution in [3.8, 4) is 0 Å². The van der Waals surface area contributed by atoms with Gasteiger partial charge in [0.05, 0.1) is 0 Å². The molecule has 0 aliphatic carbocycles. The molecule has 1 aromatic carbocycles. The van der Waals surface area contributed by atoms with Crippen LogP contribution in [0.4, 0.5) is 0 Å². The molecule has 0 saturated carbocycles. The molecule has 0 aliphatic heterocycles. The number of carbonyl (C=O) groups is 1. The monoisotopic (exact) mass is 196 g/mol. The van der Waals surface area contributed by atoms with Gasteiger partial charge in [0, 0.05) is 26.1 Å². The van der Waals surface area contributed by atoms with E-state index >= 15 is 0 Å². The second-order valence-corrected chi connectivity index (χ2v) is 3.74. The molecular formula is C9H5ClOS. The highest BCUT2D eigenvalue weighted by atomic mass is 35.5. The molecule has 0 aliphatic rings. The smallest absolute Gasteiger partial charge is 0.151 e. The lowest BCUT2D eigenvalue weighted by molar-refractivity contribution is 0.112. The predicted octanol–water partition coefficient (Wildman–Crippen LogP) is 3.37. The Bertz CT molecular complexity index is 433. The van der Waals surface area contributed by atoms with E-state index in [2.05, 4.69) is 0 Å². The summed E-state index contributed by atoms with van der Waals surface area (Å²) in [6, 6.07) is 5.64. The van der Waals surface area contributed by atoms with Crippen molar-refractivity contribution >= 4 is 39.3 Å². The van der Waals surface area contributed by atoms with Crippen LogP contribution in [0.15, 0.2) is 23.6 Å². The van der Waals surface area contributed by atoms with Gasteiger partial charge in [-0.2, -0.15) is 0 Å². The topological polar surface area (TPSA) is 17.1 Å². The molecule has 0 fully saturated rings. The van der Waals surface area contributed by atoms with Crippen LogP contribution >= 0.6 is 22.9 Å². The third kappa shape index (κ3) is 1.04. The Morgan fingerprint density at radius 1 is 1.42 bits per heavy atom. The van der Waals surface area contributed by atoms with Gasteiger partial charge in [0.2, 0.25) is 0 Å². The van der Waals surface area contributed by atoms with Crippen LogP contribution in [0.3, 0.4) is 0 Å². The molecule has 0 saturated heterocycles. The summed E-state index contributed by atoms with van der Waals surface area (Å²) in [5, 5.41) is 3.35. The summed E-state index contributed by atoms with van der Waals surface area (Å²) in [6.07, 6.45) is 0.838. The normalized spacial score (nSPS) is 10.4. The molecule has 1 aromatic heterocycles. The van der Waals surface area contributed by atoms with Crippen molar-refractivity contribution in [2.45, 2.75) is 0 Å². The lowest BCUT2D eigenvalue weighted by Gasteiger charge is -1.92. The van der Waals surface area contributed by atoms with E-state index in [0.29, 0.717) is 10.6 Å². The first-order valence-corrected chi connectivity index (χ1v) is 4.69. The lowest BCUT2D eigenvalue weighted by Crippen LogP contribution is -1.75. The summed E-state index contributed by atoms with van der Waals surface area (Å²) in [5.41, 5.74) is 0.681. The molecule has 0 radical (unpaired) electrons. The molecule has 60 valence electrons. The molecule has 0 bridgehead atoms. The average Bonchev–Trinajstić information content (AvgIpc) is 2.49. The van der Waals surface area contributed by atoms with Gasteiger partial charge in [-0.05, 0) is 12.1 Å². The summed E-state index contributed by atoms with van der Waals surface area (Å²) < 4.78 is 1.06. The van der Waals surface area contributed by atoms with Crippen LogP contribution in [-0.2, 0) is 0 Å². The van der Waals surface area contributed by atoms with Gasteiger partial charge in [-0.1, -0.05) is 17.7 Å². The second-order valence-electron chi connectivity index (χ2n) is 2.42.